The van der Waals surface area contributed by atoms with Crippen molar-refractivity contribution in [3.8, 4) is 0 Å². The highest BCUT2D eigenvalue weighted by molar-refractivity contribution is 5.86. The van der Waals surface area contributed by atoms with Gasteiger partial charge < -0.3 is 21.4 Å². The van der Waals surface area contributed by atoms with Gasteiger partial charge in [0, 0.05) is 41.9 Å². The number of halogens is 1. The van der Waals surface area contributed by atoms with Crippen LogP contribution < -0.4 is 21.9 Å². The Labute approximate surface area is 162 Å². The van der Waals surface area contributed by atoms with E-state index >= 15 is 0 Å². The van der Waals surface area contributed by atoms with Crippen molar-refractivity contribution in [2.75, 3.05) is 18.4 Å². The van der Waals surface area contributed by atoms with Crippen molar-refractivity contribution < 1.29 is 4.79 Å². The molecule has 0 unspecified atom stereocenters. The van der Waals surface area contributed by atoms with Crippen LogP contribution in [0.5, 0.6) is 0 Å². The van der Waals surface area contributed by atoms with Gasteiger partial charge in [-0.2, -0.15) is 0 Å². The highest BCUT2D eigenvalue weighted by Crippen LogP contribution is 2.18. The number of hydrogen-bond donors (Lipinski definition) is 5. The van der Waals surface area contributed by atoms with Gasteiger partial charge in [0.2, 0.25) is 11.9 Å². The number of nitrogens with two attached hydrogens (primary N) is 1. The number of amides is 1. The topological polar surface area (TPSA) is 129 Å². The highest BCUT2D eigenvalue weighted by Gasteiger charge is 2.15. The molecule has 3 rings (SSSR count). The van der Waals surface area contributed by atoms with Crippen molar-refractivity contribution in [2.45, 2.75) is 19.4 Å². The zero-order valence-electron chi connectivity index (χ0n) is 14.9. The quantitative estimate of drug-likeness (QED) is 0.385. The van der Waals surface area contributed by atoms with Crippen LogP contribution >= 0.6 is 12.4 Å². The van der Waals surface area contributed by atoms with Gasteiger partial charge in [0.25, 0.3) is 5.56 Å². The van der Waals surface area contributed by atoms with Crippen LogP contribution in [0.3, 0.4) is 0 Å². The fraction of sp³-hybridized carbons (Fsp3) is 0.278. The first-order chi connectivity index (χ1) is 12.5. The molecule has 0 radical (unpaired) electrons. The molecule has 2 heterocycles. The minimum atomic E-state index is -0.633. The lowest BCUT2D eigenvalue weighted by Gasteiger charge is -2.12. The molecule has 8 nitrogen and oxygen atoms in total. The standard InChI is InChI=1S/C18H22N6O2.ClH/c1-11-8-16(25)24-18(23-11)21-7-6-20-17(26)14(19)9-12-10-22-15-5-3-2-4-13(12)15;/h2-5,8,10,14,22H,6-7,9,19H2,1H3,(H,20,26)(H2,21,23,24,25);1H/t14-;/m0./s1. The molecule has 0 saturated carbocycles. The molecule has 0 aliphatic rings. The van der Waals surface area contributed by atoms with Gasteiger partial charge in [-0.3, -0.25) is 14.6 Å². The normalized spacial score (nSPS) is 11.6. The number of aromatic amines is 2. The molecule has 9 heteroatoms. The maximum atomic E-state index is 12.2. The second kappa shape index (κ2) is 9.20. The number of nitrogens with one attached hydrogen (secondary N) is 4. The van der Waals surface area contributed by atoms with E-state index in [0.717, 1.165) is 16.5 Å². The summed E-state index contributed by atoms with van der Waals surface area (Å²) in [7, 11) is 0. The first kappa shape index (κ1) is 20.5. The van der Waals surface area contributed by atoms with Gasteiger partial charge in [-0.25, -0.2) is 4.98 Å². The number of fused-ring (bicyclic) bond motifs is 1. The molecule has 1 aromatic carbocycles. The van der Waals surface area contributed by atoms with Gasteiger partial charge in [0.15, 0.2) is 0 Å². The van der Waals surface area contributed by atoms with E-state index in [2.05, 4.69) is 25.6 Å². The number of para-hydroxylation sites is 1. The summed E-state index contributed by atoms with van der Waals surface area (Å²) in [5.41, 5.74) is 8.48. The van der Waals surface area contributed by atoms with Crippen LogP contribution in [0.4, 0.5) is 5.95 Å². The van der Waals surface area contributed by atoms with E-state index in [-0.39, 0.29) is 23.9 Å². The molecule has 0 fully saturated rings. The number of anilines is 1. The number of H-pyrrole nitrogens is 2. The summed E-state index contributed by atoms with van der Waals surface area (Å²) in [6.07, 6.45) is 2.34. The zero-order valence-corrected chi connectivity index (χ0v) is 15.7. The van der Waals surface area contributed by atoms with Crippen molar-refractivity contribution in [3.63, 3.8) is 0 Å². The molecule has 0 spiro atoms. The third-order valence-electron chi connectivity index (χ3n) is 4.04. The molecule has 0 bridgehead atoms. The Hall–Kier alpha value is -2.84. The molecular weight excluding hydrogens is 368 g/mol. The maximum absolute atomic E-state index is 12.2. The SMILES string of the molecule is Cc1cc(=O)[nH]c(NCCNC(=O)[C@@H](N)Cc2c[nH]c3ccccc23)n1.Cl. The van der Waals surface area contributed by atoms with Gasteiger partial charge in [0.1, 0.15) is 0 Å². The first-order valence-electron chi connectivity index (χ1n) is 8.43. The van der Waals surface area contributed by atoms with Crippen molar-refractivity contribution in [3.05, 3.63) is 58.1 Å². The van der Waals surface area contributed by atoms with Gasteiger partial charge in [0.05, 0.1) is 6.04 Å². The Morgan fingerprint density at radius 3 is 2.85 bits per heavy atom. The zero-order chi connectivity index (χ0) is 18.5. The minimum Gasteiger partial charge on any atom is -0.361 e. The number of carbonyl (C=O) groups is 1. The third kappa shape index (κ3) is 5.32. The van der Waals surface area contributed by atoms with E-state index in [0.29, 0.717) is 31.2 Å². The molecular formula is C18H23ClN6O2. The summed E-state index contributed by atoms with van der Waals surface area (Å²) in [5, 5.41) is 6.82. The average Bonchev–Trinajstić information content (AvgIpc) is 3.01. The van der Waals surface area contributed by atoms with E-state index in [9.17, 15) is 9.59 Å². The van der Waals surface area contributed by atoms with Gasteiger partial charge in [-0.05, 0) is 25.0 Å². The summed E-state index contributed by atoms with van der Waals surface area (Å²) in [6.45, 7) is 2.54. The summed E-state index contributed by atoms with van der Waals surface area (Å²) in [6, 6.07) is 8.69. The van der Waals surface area contributed by atoms with E-state index in [1.54, 1.807) is 6.92 Å². The lowest BCUT2D eigenvalue weighted by atomic mass is 10.1. The molecule has 0 aliphatic carbocycles. The van der Waals surface area contributed by atoms with Crippen LogP contribution in [-0.4, -0.2) is 40.0 Å². The molecule has 6 N–H and O–H groups in total. The lowest BCUT2D eigenvalue weighted by Crippen LogP contribution is -2.43. The molecule has 1 atom stereocenters. The second-order valence-corrected chi connectivity index (χ2v) is 6.12. The molecule has 27 heavy (non-hydrogen) atoms. The van der Waals surface area contributed by atoms with Crippen LogP contribution in [-0.2, 0) is 11.2 Å². The maximum Gasteiger partial charge on any atom is 0.252 e. The summed E-state index contributed by atoms with van der Waals surface area (Å²) >= 11 is 0. The Balaban J connectivity index is 0.00000261. The third-order valence-corrected chi connectivity index (χ3v) is 4.04. The Bertz CT molecular complexity index is 968. The number of nitrogens with zero attached hydrogens (tertiary/aromatic N) is 1. The molecule has 0 aliphatic heterocycles. The molecule has 2 aromatic heterocycles. The fourth-order valence-electron chi connectivity index (χ4n) is 2.79. The van der Waals surface area contributed by atoms with E-state index in [1.807, 2.05) is 30.5 Å². The van der Waals surface area contributed by atoms with Gasteiger partial charge in [-0.15, -0.1) is 12.4 Å². The Kier molecular flexibility index (Phi) is 6.98. The molecule has 144 valence electrons. The van der Waals surface area contributed by atoms with E-state index in [4.69, 9.17) is 5.73 Å². The Morgan fingerprint density at radius 2 is 2.07 bits per heavy atom. The van der Waals surface area contributed by atoms with Crippen LogP contribution in [0.25, 0.3) is 10.9 Å². The van der Waals surface area contributed by atoms with Crippen molar-refractivity contribution in [1.82, 2.24) is 20.3 Å². The second-order valence-electron chi connectivity index (χ2n) is 6.12. The van der Waals surface area contributed by atoms with Crippen molar-refractivity contribution in [2.24, 2.45) is 5.73 Å². The monoisotopic (exact) mass is 390 g/mol. The van der Waals surface area contributed by atoms with Crippen LogP contribution in [0, 0.1) is 6.92 Å². The number of carbonyl (C=O) groups excluding carboxylic acids is 1. The van der Waals surface area contributed by atoms with Crippen LogP contribution in [0.1, 0.15) is 11.3 Å². The average molecular weight is 391 g/mol. The molecule has 3 aromatic rings. The number of rotatable bonds is 7. The van der Waals surface area contributed by atoms with Crippen LogP contribution in [0.2, 0.25) is 0 Å². The number of hydrogen-bond acceptors (Lipinski definition) is 5. The lowest BCUT2D eigenvalue weighted by molar-refractivity contribution is -0.122. The highest BCUT2D eigenvalue weighted by atomic mass is 35.5. The predicted octanol–water partition coefficient (Wildman–Crippen LogP) is 1.08. The van der Waals surface area contributed by atoms with Gasteiger partial charge >= 0.3 is 0 Å². The van der Waals surface area contributed by atoms with E-state index in [1.165, 1.54) is 6.07 Å². The smallest absolute Gasteiger partial charge is 0.252 e. The summed E-state index contributed by atoms with van der Waals surface area (Å²) < 4.78 is 0. The fourth-order valence-corrected chi connectivity index (χ4v) is 2.79. The van der Waals surface area contributed by atoms with Crippen molar-refractivity contribution in [1.29, 1.82) is 0 Å². The molecule has 1 amide bonds. The molecule has 0 saturated heterocycles. The van der Waals surface area contributed by atoms with Crippen LogP contribution in [0.15, 0.2) is 41.3 Å². The first-order valence-corrected chi connectivity index (χ1v) is 8.43. The number of aryl methyl sites for hydroxylation is 1. The predicted molar refractivity (Wildman–Crippen MR) is 108 cm³/mol. The number of benzene rings is 1. The largest absolute Gasteiger partial charge is 0.361 e. The van der Waals surface area contributed by atoms with Crippen molar-refractivity contribution >= 4 is 35.2 Å². The summed E-state index contributed by atoms with van der Waals surface area (Å²) in [5.74, 6) is 0.162. The van der Waals surface area contributed by atoms with Gasteiger partial charge in [-0.1, -0.05) is 18.2 Å². The Morgan fingerprint density at radius 1 is 1.30 bits per heavy atom. The number of aromatic nitrogens is 3. The summed E-state index contributed by atoms with van der Waals surface area (Å²) in [4.78, 5) is 33.5. The van der Waals surface area contributed by atoms with E-state index < -0.39 is 6.04 Å². The minimum absolute atomic E-state index is 0.